The van der Waals surface area contributed by atoms with Crippen LogP contribution < -0.4 is 0 Å². The lowest BCUT2D eigenvalue weighted by molar-refractivity contribution is 0.0521. The summed E-state index contributed by atoms with van der Waals surface area (Å²) < 4.78 is 0. The maximum absolute atomic E-state index is 11.9. The van der Waals surface area contributed by atoms with Crippen LogP contribution in [0.15, 0.2) is 46.9 Å². The van der Waals surface area contributed by atoms with Crippen molar-refractivity contribution in [1.82, 2.24) is 4.98 Å². The SMILES string of the molecule is O=C(ON=C1CCCc2c1[nH]c1ccccc21)c1cccs1. The number of aromatic amines is 1. The van der Waals surface area contributed by atoms with E-state index in [1.807, 2.05) is 23.6 Å². The summed E-state index contributed by atoms with van der Waals surface area (Å²) in [5.74, 6) is -0.397. The topological polar surface area (TPSA) is 54.4 Å². The molecule has 2 aromatic heterocycles. The number of H-pyrrole nitrogens is 1. The Labute approximate surface area is 131 Å². The van der Waals surface area contributed by atoms with Crippen LogP contribution >= 0.6 is 11.3 Å². The second kappa shape index (κ2) is 5.42. The van der Waals surface area contributed by atoms with E-state index in [1.165, 1.54) is 22.3 Å². The molecule has 0 saturated carbocycles. The number of oxime groups is 1. The van der Waals surface area contributed by atoms with Crippen LogP contribution in [0.3, 0.4) is 0 Å². The van der Waals surface area contributed by atoms with Crippen LogP contribution in [0.2, 0.25) is 0 Å². The molecule has 22 heavy (non-hydrogen) atoms. The number of benzene rings is 1. The third-order valence-corrected chi connectivity index (χ3v) is 4.75. The Hall–Kier alpha value is -2.40. The van der Waals surface area contributed by atoms with Crippen molar-refractivity contribution < 1.29 is 9.63 Å². The molecule has 0 amide bonds. The van der Waals surface area contributed by atoms with E-state index in [-0.39, 0.29) is 0 Å². The van der Waals surface area contributed by atoms with Gasteiger partial charge in [0.05, 0.1) is 5.69 Å². The minimum absolute atomic E-state index is 0.397. The first kappa shape index (κ1) is 13.3. The van der Waals surface area contributed by atoms with Gasteiger partial charge in [0.2, 0.25) is 0 Å². The van der Waals surface area contributed by atoms with Crippen molar-refractivity contribution in [1.29, 1.82) is 0 Å². The molecule has 0 unspecified atom stereocenters. The number of nitrogens with one attached hydrogen (secondary N) is 1. The first-order valence-electron chi connectivity index (χ1n) is 7.24. The van der Waals surface area contributed by atoms with Crippen LogP contribution in [0.4, 0.5) is 0 Å². The summed E-state index contributed by atoms with van der Waals surface area (Å²) in [6.45, 7) is 0. The average molecular weight is 310 g/mol. The van der Waals surface area contributed by atoms with E-state index in [2.05, 4.69) is 22.3 Å². The third-order valence-electron chi connectivity index (χ3n) is 3.90. The molecule has 1 N–H and O–H groups in total. The number of aromatic nitrogens is 1. The highest BCUT2D eigenvalue weighted by Crippen LogP contribution is 2.29. The molecule has 0 spiro atoms. The van der Waals surface area contributed by atoms with E-state index >= 15 is 0 Å². The van der Waals surface area contributed by atoms with Gasteiger partial charge in [-0.25, -0.2) is 4.79 Å². The van der Waals surface area contributed by atoms with Crippen LogP contribution in [0.25, 0.3) is 10.9 Å². The van der Waals surface area contributed by atoms with E-state index < -0.39 is 5.97 Å². The first-order valence-corrected chi connectivity index (χ1v) is 8.12. The monoisotopic (exact) mass is 310 g/mol. The fraction of sp³-hybridized carbons (Fsp3) is 0.176. The van der Waals surface area contributed by atoms with Crippen molar-refractivity contribution in [2.45, 2.75) is 19.3 Å². The lowest BCUT2D eigenvalue weighted by Crippen LogP contribution is -2.13. The summed E-state index contributed by atoms with van der Waals surface area (Å²) in [6, 6.07) is 11.8. The smallest absolute Gasteiger partial charge is 0.353 e. The second-order valence-electron chi connectivity index (χ2n) is 5.27. The van der Waals surface area contributed by atoms with Crippen molar-refractivity contribution >= 4 is 33.9 Å². The van der Waals surface area contributed by atoms with E-state index in [4.69, 9.17) is 4.84 Å². The molecule has 0 fully saturated rings. The molecule has 0 saturated heterocycles. The van der Waals surface area contributed by atoms with Gasteiger partial charge in [-0.3, -0.25) is 0 Å². The molecular weight excluding hydrogens is 296 g/mol. The highest BCUT2D eigenvalue weighted by molar-refractivity contribution is 7.11. The number of hydrogen-bond acceptors (Lipinski definition) is 4. The molecule has 2 heterocycles. The number of fused-ring (bicyclic) bond motifs is 3. The molecule has 3 aromatic rings. The summed E-state index contributed by atoms with van der Waals surface area (Å²) in [5, 5.41) is 7.20. The van der Waals surface area contributed by atoms with Crippen molar-refractivity contribution in [2.24, 2.45) is 5.16 Å². The van der Waals surface area contributed by atoms with Gasteiger partial charge in [-0.15, -0.1) is 11.3 Å². The Bertz CT molecular complexity index is 862. The number of thiophene rings is 1. The zero-order chi connectivity index (χ0) is 14.9. The number of aryl methyl sites for hydroxylation is 1. The Morgan fingerprint density at radius 2 is 2.09 bits per heavy atom. The maximum Gasteiger partial charge on any atom is 0.375 e. The zero-order valence-corrected chi connectivity index (χ0v) is 12.7. The number of nitrogens with zero attached hydrogens (tertiary/aromatic N) is 1. The Morgan fingerprint density at radius 3 is 2.95 bits per heavy atom. The normalized spacial score (nSPS) is 15.9. The minimum Gasteiger partial charge on any atom is -0.353 e. The summed E-state index contributed by atoms with van der Waals surface area (Å²) in [5.41, 5.74) is 4.20. The molecule has 1 aliphatic carbocycles. The number of carbonyl (C=O) groups excluding carboxylic acids is 1. The zero-order valence-electron chi connectivity index (χ0n) is 11.8. The Balaban J connectivity index is 1.67. The fourth-order valence-corrected chi connectivity index (χ4v) is 3.49. The highest BCUT2D eigenvalue weighted by Gasteiger charge is 2.21. The lowest BCUT2D eigenvalue weighted by Gasteiger charge is -2.13. The molecule has 4 rings (SSSR count). The van der Waals surface area contributed by atoms with Gasteiger partial charge >= 0.3 is 5.97 Å². The maximum atomic E-state index is 11.9. The van der Waals surface area contributed by atoms with Gasteiger partial charge in [0, 0.05) is 10.9 Å². The van der Waals surface area contributed by atoms with E-state index in [0.717, 1.165) is 36.2 Å². The molecule has 0 radical (unpaired) electrons. The van der Waals surface area contributed by atoms with Crippen molar-refractivity contribution in [3.8, 4) is 0 Å². The van der Waals surface area contributed by atoms with E-state index in [0.29, 0.717) is 4.88 Å². The third kappa shape index (κ3) is 2.23. The molecule has 4 nitrogen and oxygen atoms in total. The standard InChI is InChI=1S/C17H14N2O2S/c20-17(15-9-4-10-22-15)21-19-14-8-3-6-12-11-5-1-2-7-13(11)18-16(12)14/h1-2,4-5,7,9-10,18H,3,6,8H2. The van der Waals surface area contributed by atoms with Crippen LogP contribution in [0.5, 0.6) is 0 Å². The van der Waals surface area contributed by atoms with Crippen LogP contribution in [-0.4, -0.2) is 16.7 Å². The summed E-state index contributed by atoms with van der Waals surface area (Å²) >= 11 is 1.36. The average Bonchev–Trinajstić information content (AvgIpc) is 3.20. The predicted octanol–water partition coefficient (Wildman–Crippen LogP) is 4.13. The highest BCUT2D eigenvalue weighted by atomic mass is 32.1. The first-order chi connectivity index (χ1) is 10.8. The number of carbonyl (C=O) groups is 1. The molecule has 1 aliphatic rings. The summed E-state index contributed by atoms with van der Waals surface area (Å²) in [7, 11) is 0. The molecule has 0 aliphatic heterocycles. The number of rotatable bonds is 2. The van der Waals surface area contributed by atoms with E-state index in [9.17, 15) is 4.79 Å². The molecule has 110 valence electrons. The van der Waals surface area contributed by atoms with Crippen molar-refractivity contribution in [3.05, 3.63) is 57.9 Å². The summed E-state index contributed by atoms with van der Waals surface area (Å²) in [6.07, 6.45) is 2.86. The Kier molecular flexibility index (Phi) is 3.27. The molecule has 1 aromatic carbocycles. The van der Waals surface area contributed by atoms with Crippen LogP contribution in [0, 0.1) is 0 Å². The Morgan fingerprint density at radius 1 is 1.18 bits per heavy atom. The summed E-state index contributed by atoms with van der Waals surface area (Å²) in [4.78, 5) is 21.0. The molecule has 0 atom stereocenters. The largest absolute Gasteiger partial charge is 0.375 e. The fourth-order valence-electron chi connectivity index (χ4n) is 2.89. The van der Waals surface area contributed by atoms with Gasteiger partial charge < -0.3 is 9.82 Å². The van der Waals surface area contributed by atoms with Gasteiger partial charge in [-0.05, 0) is 42.3 Å². The lowest BCUT2D eigenvalue weighted by atomic mass is 9.94. The van der Waals surface area contributed by atoms with Gasteiger partial charge in [0.1, 0.15) is 10.6 Å². The quantitative estimate of drug-likeness (QED) is 0.571. The van der Waals surface area contributed by atoms with Gasteiger partial charge in [-0.2, -0.15) is 0 Å². The number of para-hydroxylation sites is 1. The van der Waals surface area contributed by atoms with Gasteiger partial charge in [0.15, 0.2) is 0 Å². The van der Waals surface area contributed by atoms with Crippen LogP contribution in [0.1, 0.15) is 33.8 Å². The number of hydrogen-bond donors (Lipinski definition) is 1. The minimum atomic E-state index is -0.397. The van der Waals surface area contributed by atoms with Crippen molar-refractivity contribution in [2.75, 3.05) is 0 Å². The van der Waals surface area contributed by atoms with Gasteiger partial charge in [0.25, 0.3) is 0 Å². The van der Waals surface area contributed by atoms with Crippen molar-refractivity contribution in [3.63, 3.8) is 0 Å². The van der Waals surface area contributed by atoms with Crippen LogP contribution in [-0.2, 0) is 11.3 Å². The molecular formula is C17H14N2O2S. The van der Waals surface area contributed by atoms with E-state index in [1.54, 1.807) is 6.07 Å². The second-order valence-corrected chi connectivity index (χ2v) is 6.22. The van der Waals surface area contributed by atoms with Gasteiger partial charge in [-0.1, -0.05) is 29.4 Å². The molecule has 5 heteroatoms. The predicted molar refractivity (Wildman–Crippen MR) is 87.5 cm³/mol. The molecule has 0 bridgehead atoms.